The molecule has 3 aromatic rings. The van der Waals surface area contributed by atoms with E-state index in [1.807, 2.05) is 6.07 Å². The zero-order valence-corrected chi connectivity index (χ0v) is 24.6. The normalized spacial score (nSPS) is 20.6. The van der Waals surface area contributed by atoms with Crippen LogP contribution in [0.1, 0.15) is 12.8 Å². The maximum Gasteiger partial charge on any atom is 0.243 e. The first kappa shape index (κ1) is 29.1. The lowest BCUT2D eigenvalue weighted by atomic mass is 10.1. The Labute approximate surface area is 248 Å². The summed E-state index contributed by atoms with van der Waals surface area (Å²) in [5, 5.41) is 7.64. The molecule has 2 aromatic heterocycles. The molecule has 4 heterocycles. The van der Waals surface area contributed by atoms with Crippen molar-refractivity contribution >= 4 is 51.6 Å². The first-order chi connectivity index (χ1) is 19.9. The minimum absolute atomic E-state index is 0.0607. The Morgan fingerprint density at radius 1 is 1.12 bits per heavy atom. The van der Waals surface area contributed by atoms with E-state index in [9.17, 15) is 4.79 Å². The number of amides is 1. The van der Waals surface area contributed by atoms with Crippen LogP contribution in [0.4, 0.5) is 11.6 Å². The van der Waals surface area contributed by atoms with Crippen LogP contribution in [0, 0.1) is 0 Å². The molecule has 0 saturated carbocycles. The number of nitrogens with zero attached hydrogens (tertiary/aromatic N) is 4. The van der Waals surface area contributed by atoms with E-state index in [1.165, 1.54) is 20.3 Å². The molecule has 5 rings (SSSR count). The second kappa shape index (κ2) is 12.6. The number of methoxy groups -OCH3 is 3. The lowest BCUT2D eigenvalue weighted by molar-refractivity contribution is -0.117. The van der Waals surface area contributed by atoms with Crippen LogP contribution in [0.25, 0.3) is 22.3 Å². The predicted octanol–water partition coefficient (Wildman–Crippen LogP) is 4.11. The van der Waals surface area contributed by atoms with Gasteiger partial charge in [0.2, 0.25) is 5.91 Å². The highest BCUT2D eigenvalue weighted by Crippen LogP contribution is 2.46. The van der Waals surface area contributed by atoms with Gasteiger partial charge in [-0.05, 0) is 25.0 Å². The second-order valence-electron chi connectivity index (χ2n) is 9.80. The number of hydrogen-bond acceptors (Lipinski definition) is 10. The standard InChI is InChI=1S/C28H32Cl2N6O5/c1-5-23(37)33-19-14-41-13-18(19)32-22-9-16-17(11-31-22)34-27(35-28(16)36-8-6-7-15(12-36)38-2)24-25(29)20(39-3)10-21(40-4)26(24)30/h5,9-11,15,18-19H,1,6-8,12-14H2,2-4H3,(H,31,32)(H,33,37)/t15?,18-,19+/m1/s1. The Kier molecular flexibility index (Phi) is 8.98. The minimum atomic E-state index is -0.258. The van der Waals surface area contributed by atoms with Crippen molar-refractivity contribution in [3.05, 3.63) is 41.0 Å². The van der Waals surface area contributed by atoms with Crippen LogP contribution in [-0.4, -0.2) is 86.7 Å². The number of piperidine rings is 1. The molecule has 2 aliphatic heterocycles. The van der Waals surface area contributed by atoms with E-state index in [-0.39, 0.29) is 34.1 Å². The lowest BCUT2D eigenvalue weighted by Crippen LogP contribution is -2.45. The fourth-order valence-electron chi connectivity index (χ4n) is 5.12. The van der Waals surface area contributed by atoms with E-state index in [4.69, 9.17) is 52.1 Å². The first-order valence-corrected chi connectivity index (χ1v) is 14.0. The van der Waals surface area contributed by atoms with E-state index in [2.05, 4.69) is 27.1 Å². The Balaban J connectivity index is 1.60. The fourth-order valence-corrected chi connectivity index (χ4v) is 5.79. The summed E-state index contributed by atoms with van der Waals surface area (Å²) in [6, 6.07) is 3.13. The van der Waals surface area contributed by atoms with Gasteiger partial charge in [-0.15, -0.1) is 0 Å². The van der Waals surface area contributed by atoms with Crippen molar-refractivity contribution in [3.8, 4) is 22.9 Å². The van der Waals surface area contributed by atoms with Gasteiger partial charge in [0.25, 0.3) is 0 Å². The van der Waals surface area contributed by atoms with E-state index in [1.54, 1.807) is 19.4 Å². The quantitative estimate of drug-likeness (QED) is 0.346. The summed E-state index contributed by atoms with van der Waals surface area (Å²) in [5.74, 6) is 2.14. The molecule has 2 N–H and O–H groups in total. The molecule has 0 radical (unpaired) electrons. The van der Waals surface area contributed by atoms with Gasteiger partial charge in [-0.3, -0.25) is 4.79 Å². The Hall–Kier alpha value is -3.38. The molecule has 0 aliphatic carbocycles. The molecule has 1 aromatic carbocycles. The Morgan fingerprint density at radius 2 is 1.85 bits per heavy atom. The summed E-state index contributed by atoms with van der Waals surface area (Å²) in [5.41, 5.74) is 1.00. The van der Waals surface area contributed by atoms with Gasteiger partial charge in [-0.2, -0.15) is 0 Å². The largest absolute Gasteiger partial charge is 0.495 e. The van der Waals surface area contributed by atoms with Crippen molar-refractivity contribution in [2.24, 2.45) is 0 Å². The number of hydrogen-bond donors (Lipinski definition) is 2. The number of fused-ring (bicyclic) bond motifs is 1. The molecular formula is C28H32Cl2N6O5. The summed E-state index contributed by atoms with van der Waals surface area (Å²) < 4.78 is 22.2. The molecule has 41 heavy (non-hydrogen) atoms. The van der Waals surface area contributed by atoms with Crippen molar-refractivity contribution in [2.45, 2.75) is 31.0 Å². The number of benzene rings is 1. The molecule has 3 atom stereocenters. The lowest BCUT2D eigenvalue weighted by Gasteiger charge is -2.33. The third-order valence-electron chi connectivity index (χ3n) is 7.30. The van der Waals surface area contributed by atoms with Crippen molar-refractivity contribution < 1.29 is 23.7 Å². The van der Waals surface area contributed by atoms with Gasteiger partial charge >= 0.3 is 0 Å². The number of ether oxygens (including phenoxy) is 4. The molecular weight excluding hydrogens is 571 g/mol. The van der Waals surface area contributed by atoms with Crippen LogP contribution in [0.2, 0.25) is 10.0 Å². The number of halogens is 2. The average molecular weight is 604 g/mol. The highest BCUT2D eigenvalue weighted by Gasteiger charge is 2.30. The van der Waals surface area contributed by atoms with Crippen LogP contribution >= 0.6 is 23.2 Å². The molecule has 218 valence electrons. The van der Waals surface area contributed by atoms with Gasteiger partial charge < -0.3 is 34.5 Å². The molecule has 1 amide bonds. The van der Waals surface area contributed by atoms with Crippen molar-refractivity contribution in [1.82, 2.24) is 20.3 Å². The summed E-state index contributed by atoms with van der Waals surface area (Å²) in [6.07, 6.45) is 4.88. The second-order valence-corrected chi connectivity index (χ2v) is 10.6. The maximum absolute atomic E-state index is 11.9. The topological polar surface area (TPSA) is 120 Å². The summed E-state index contributed by atoms with van der Waals surface area (Å²) in [4.78, 5) is 28.5. The molecule has 2 fully saturated rings. The molecule has 0 spiro atoms. The van der Waals surface area contributed by atoms with Crippen molar-refractivity contribution in [1.29, 1.82) is 0 Å². The first-order valence-electron chi connectivity index (χ1n) is 13.2. The third-order valence-corrected chi connectivity index (χ3v) is 8.05. The van der Waals surface area contributed by atoms with E-state index in [0.29, 0.717) is 59.8 Å². The smallest absolute Gasteiger partial charge is 0.243 e. The minimum Gasteiger partial charge on any atom is -0.495 e. The SMILES string of the molecule is C=CC(=O)N[C@H]1COC[C@H]1Nc1cc2c(N3CCCC(OC)C3)nc(-c3c(Cl)c(OC)cc(OC)c3Cl)nc2cn1. The number of pyridine rings is 1. The van der Waals surface area contributed by atoms with Crippen molar-refractivity contribution in [3.63, 3.8) is 0 Å². The van der Waals surface area contributed by atoms with Gasteiger partial charge in [-0.25, -0.2) is 15.0 Å². The van der Waals surface area contributed by atoms with Gasteiger partial charge in [0.05, 0.1) is 72.9 Å². The summed E-state index contributed by atoms with van der Waals surface area (Å²) >= 11 is 13.5. The predicted molar refractivity (Wildman–Crippen MR) is 158 cm³/mol. The zero-order valence-electron chi connectivity index (χ0n) is 23.1. The molecule has 1 unspecified atom stereocenters. The van der Waals surface area contributed by atoms with E-state index >= 15 is 0 Å². The summed E-state index contributed by atoms with van der Waals surface area (Å²) in [7, 11) is 4.76. The van der Waals surface area contributed by atoms with Gasteiger partial charge in [0.1, 0.15) is 23.1 Å². The third kappa shape index (κ3) is 5.99. The number of rotatable bonds is 9. The van der Waals surface area contributed by atoms with Crippen LogP contribution in [0.15, 0.2) is 31.0 Å². The number of nitrogens with one attached hydrogen (secondary N) is 2. The number of carbonyl (C=O) groups excluding carboxylic acids is 1. The fraction of sp³-hybridized carbons (Fsp3) is 0.429. The maximum atomic E-state index is 11.9. The van der Waals surface area contributed by atoms with Gasteiger partial charge in [0.15, 0.2) is 5.82 Å². The molecule has 2 aliphatic rings. The monoisotopic (exact) mass is 602 g/mol. The number of aromatic nitrogens is 3. The number of carbonyl (C=O) groups is 1. The Morgan fingerprint density at radius 3 is 2.54 bits per heavy atom. The Bertz CT molecular complexity index is 1430. The van der Waals surface area contributed by atoms with Gasteiger partial charge in [0, 0.05) is 31.7 Å². The summed E-state index contributed by atoms with van der Waals surface area (Å²) in [6.45, 7) is 5.77. The number of anilines is 2. The van der Waals surface area contributed by atoms with Crippen LogP contribution < -0.4 is 25.0 Å². The van der Waals surface area contributed by atoms with Gasteiger partial charge in [-0.1, -0.05) is 29.8 Å². The molecule has 13 heteroatoms. The van der Waals surface area contributed by atoms with Crippen LogP contribution in [0.3, 0.4) is 0 Å². The molecule has 0 bridgehead atoms. The van der Waals surface area contributed by atoms with Crippen molar-refractivity contribution in [2.75, 3.05) is 57.8 Å². The molecule has 11 nitrogen and oxygen atoms in total. The average Bonchev–Trinajstić information content (AvgIpc) is 3.42. The highest BCUT2D eigenvalue weighted by atomic mass is 35.5. The van der Waals surface area contributed by atoms with Crippen LogP contribution in [-0.2, 0) is 14.3 Å². The van der Waals surface area contributed by atoms with E-state index in [0.717, 1.165) is 24.8 Å². The van der Waals surface area contributed by atoms with Crippen LogP contribution in [0.5, 0.6) is 11.5 Å². The zero-order chi connectivity index (χ0) is 29.1. The van der Waals surface area contributed by atoms with E-state index < -0.39 is 0 Å². The molecule has 2 saturated heterocycles. The highest BCUT2D eigenvalue weighted by molar-refractivity contribution is 6.41.